The van der Waals surface area contributed by atoms with Crippen LogP contribution in [-0.2, 0) is 14.9 Å². The van der Waals surface area contributed by atoms with Crippen molar-refractivity contribution < 1.29 is 26.8 Å². The predicted octanol–water partition coefficient (Wildman–Crippen LogP) is 4.09. The highest BCUT2D eigenvalue weighted by molar-refractivity contribution is 7.99. The number of hydrogen-bond acceptors (Lipinski definition) is 5. The highest BCUT2D eigenvalue weighted by atomic mass is 35.5. The minimum absolute atomic E-state index is 0.0448. The Balaban J connectivity index is 2.24. The monoisotopic (exact) mass is 436 g/mol. The van der Waals surface area contributed by atoms with Crippen molar-refractivity contribution in [1.29, 1.82) is 0 Å². The average Bonchev–Trinajstić information content (AvgIpc) is 2.63. The summed E-state index contributed by atoms with van der Waals surface area (Å²) in [6.07, 6.45) is 0. The van der Waals surface area contributed by atoms with Crippen molar-refractivity contribution in [3.8, 4) is 0 Å². The molecule has 0 fully saturated rings. The molecule has 0 atom stereocenters. The van der Waals surface area contributed by atoms with Gasteiger partial charge in [-0.25, -0.2) is 8.42 Å². The third kappa shape index (κ3) is 5.17. The van der Waals surface area contributed by atoms with E-state index in [-0.39, 0.29) is 37.8 Å². The smallest absolute Gasteiger partial charge is 0.289 e. The molecule has 0 aliphatic heterocycles. The van der Waals surface area contributed by atoms with E-state index in [1.165, 1.54) is 56.6 Å². The first-order chi connectivity index (χ1) is 12.7. The van der Waals surface area contributed by atoms with Gasteiger partial charge in [-0.05, 0) is 36.4 Å². The van der Waals surface area contributed by atoms with Crippen molar-refractivity contribution in [1.82, 2.24) is 4.47 Å². The van der Waals surface area contributed by atoms with Gasteiger partial charge in [0.25, 0.3) is 21.7 Å². The maximum atomic E-state index is 12.7. The van der Waals surface area contributed by atoms with Crippen LogP contribution in [0.5, 0.6) is 0 Å². The zero-order valence-corrected chi connectivity index (χ0v) is 16.5. The largest absolute Gasteiger partial charge is 0.321 e. The summed E-state index contributed by atoms with van der Waals surface area (Å²) in [5.74, 6) is -3.31. The number of amides is 1. The van der Waals surface area contributed by atoms with Gasteiger partial charge in [0.1, 0.15) is 0 Å². The number of sulfonamides is 1. The molecule has 1 amide bonds. The summed E-state index contributed by atoms with van der Waals surface area (Å²) in [5, 5.41) is 2.59. The molecular formula is C16H15ClF2N2O4S2. The van der Waals surface area contributed by atoms with Gasteiger partial charge in [-0.2, -0.15) is 8.78 Å². The summed E-state index contributed by atoms with van der Waals surface area (Å²) in [6.45, 7) is 0. The van der Waals surface area contributed by atoms with Gasteiger partial charge >= 0.3 is 0 Å². The predicted molar refractivity (Wildman–Crippen MR) is 99.7 cm³/mol. The Morgan fingerprint density at radius 3 is 2.41 bits per heavy atom. The SMILES string of the molecule is CON(C)S(=O)(=O)c1ccc(C(=O)Nc2cccc(Cl)c2SC(F)F)cc1. The van der Waals surface area contributed by atoms with Crippen LogP contribution in [-0.4, -0.2) is 38.7 Å². The molecule has 11 heteroatoms. The van der Waals surface area contributed by atoms with Crippen molar-refractivity contribution in [2.75, 3.05) is 19.5 Å². The number of halogens is 3. The summed E-state index contributed by atoms with van der Waals surface area (Å²) in [6, 6.07) is 9.49. The van der Waals surface area contributed by atoms with Gasteiger partial charge < -0.3 is 5.32 Å². The molecule has 0 saturated carbocycles. The lowest BCUT2D eigenvalue weighted by Crippen LogP contribution is -2.25. The number of carbonyl (C=O) groups excluding carboxylic acids is 1. The van der Waals surface area contributed by atoms with Crippen LogP contribution >= 0.6 is 23.4 Å². The summed E-state index contributed by atoms with van der Waals surface area (Å²) in [7, 11) is -1.40. The van der Waals surface area contributed by atoms with Gasteiger partial charge in [-0.15, -0.1) is 0 Å². The first kappa shape index (κ1) is 21.6. The zero-order chi connectivity index (χ0) is 20.2. The van der Waals surface area contributed by atoms with Crippen molar-refractivity contribution in [2.24, 2.45) is 0 Å². The average molecular weight is 437 g/mol. The van der Waals surface area contributed by atoms with E-state index < -0.39 is 21.7 Å². The number of alkyl halides is 2. The first-order valence-corrected chi connectivity index (χ1v) is 10.0. The standard InChI is InChI=1S/C16H15ClF2N2O4S2/c1-21(25-2)27(23,24)11-8-6-10(7-9-11)15(22)20-13-5-3-4-12(17)14(13)26-16(18)19/h3-9,16H,1-2H3,(H,20,22). The lowest BCUT2D eigenvalue weighted by atomic mass is 10.2. The number of rotatable bonds is 7. The van der Waals surface area contributed by atoms with E-state index >= 15 is 0 Å². The molecule has 0 spiro atoms. The third-order valence-electron chi connectivity index (χ3n) is 3.43. The van der Waals surface area contributed by atoms with E-state index in [0.29, 0.717) is 4.47 Å². The molecule has 0 heterocycles. The second kappa shape index (κ2) is 8.98. The maximum absolute atomic E-state index is 12.7. The number of carbonyl (C=O) groups is 1. The number of nitrogens with zero attached hydrogens (tertiary/aromatic N) is 1. The number of hydrogen-bond donors (Lipinski definition) is 1. The molecule has 146 valence electrons. The fourth-order valence-corrected chi connectivity index (χ4v) is 3.92. The van der Waals surface area contributed by atoms with Crippen LogP contribution in [0.4, 0.5) is 14.5 Å². The summed E-state index contributed by atoms with van der Waals surface area (Å²) < 4.78 is 50.4. The van der Waals surface area contributed by atoms with Crippen molar-refractivity contribution in [3.05, 3.63) is 53.1 Å². The van der Waals surface area contributed by atoms with Crippen molar-refractivity contribution in [3.63, 3.8) is 0 Å². The molecule has 0 saturated heterocycles. The molecule has 2 aromatic rings. The second-order valence-electron chi connectivity index (χ2n) is 5.07. The quantitative estimate of drug-likeness (QED) is 0.522. The third-order valence-corrected chi connectivity index (χ3v) is 6.41. The number of hydroxylamine groups is 1. The fraction of sp³-hybridized carbons (Fsp3) is 0.188. The van der Waals surface area contributed by atoms with Crippen molar-refractivity contribution in [2.45, 2.75) is 15.5 Å². The van der Waals surface area contributed by atoms with E-state index in [1.54, 1.807) is 0 Å². The molecule has 0 bridgehead atoms. The molecule has 2 aromatic carbocycles. The lowest BCUT2D eigenvalue weighted by molar-refractivity contribution is -0.0258. The Bertz CT molecular complexity index is 925. The molecule has 0 aliphatic rings. The Morgan fingerprint density at radius 2 is 1.85 bits per heavy atom. The molecular weight excluding hydrogens is 422 g/mol. The van der Waals surface area contributed by atoms with E-state index in [9.17, 15) is 22.0 Å². The normalized spacial score (nSPS) is 11.8. The summed E-state index contributed by atoms with van der Waals surface area (Å²) in [4.78, 5) is 17.0. The number of thioether (sulfide) groups is 1. The number of nitrogens with one attached hydrogen (secondary N) is 1. The van der Waals surface area contributed by atoms with Gasteiger partial charge in [0.2, 0.25) is 0 Å². The molecule has 6 nitrogen and oxygen atoms in total. The van der Waals surface area contributed by atoms with Crippen LogP contribution in [0.25, 0.3) is 0 Å². The van der Waals surface area contributed by atoms with Crippen LogP contribution in [0.2, 0.25) is 5.02 Å². The summed E-state index contributed by atoms with van der Waals surface area (Å²) in [5.41, 5.74) is 0.274. The topological polar surface area (TPSA) is 75.7 Å². The van der Waals surface area contributed by atoms with Gasteiger partial charge in [-0.3, -0.25) is 9.63 Å². The summed E-state index contributed by atoms with van der Waals surface area (Å²) >= 11 is 6.15. The van der Waals surface area contributed by atoms with Gasteiger partial charge in [0, 0.05) is 12.6 Å². The minimum atomic E-state index is -3.84. The fourth-order valence-electron chi connectivity index (χ4n) is 2.04. The Labute approximate surface area is 164 Å². The zero-order valence-electron chi connectivity index (χ0n) is 14.1. The Morgan fingerprint density at radius 1 is 1.22 bits per heavy atom. The van der Waals surface area contributed by atoms with Crippen LogP contribution in [0.15, 0.2) is 52.3 Å². The first-order valence-electron chi connectivity index (χ1n) is 7.34. The van der Waals surface area contributed by atoms with Crippen LogP contribution in [0.1, 0.15) is 10.4 Å². The van der Waals surface area contributed by atoms with E-state index in [1.807, 2.05) is 0 Å². The van der Waals surface area contributed by atoms with E-state index in [0.717, 1.165) is 0 Å². The van der Waals surface area contributed by atoms with Crippen LogP contribution < -0.4 is 5.32 Å². The maximum Gasteiger partial charge on any atom is 0.289 e. The second-order valence-corrected chi connectivity index (χ2v) is 8.41. The lowest BCUT2D eigenvalue weighted by Gasteiger charge is -2.14. The molecule has 0 unspecified atom stereocenters. The Hall–Kier alpha value is -1.72. The molecule has 27 heavy (non-hydrogen) atoms. The van der Waals surface area contributed by atoms with Gasteiger partial charge in [0.05, 0.1) is 27.6 Å². The minimum Gasteiger partial charge on any atom is -0.321 e. The highest BCUT2D eigenvalue weighted by Gasteiger charge is 2.21. The highest BCUT2D eigenvalue weighted by Crippen LogP contribution is 2.37. The van der Waals surface area contributed by atoms with Crippen LogP contribution in [0.3, 0.4) is 0 Å². The van der Waals surface area contributed by atoms with Crippen molar-refractivity contribution >= 4 is 45.0 Å². The van der Waals surface area contributed by atoms with E-state index in [2.05, 4.69) is 10.2 Å². The molecule has 1 N–H and O–H groups in total. The van der Waals surface area contributed by atoms with Gasteiger partial charge in [-0.1, -0.05) is 33.9 Å². The Kier molecular flexibility index (Phi) is 7.18. The van der Waals surface area contributed by atoms with Crippen LogP contribution in [0, 0.1) is 0 Å². The van der Waals surface area contributed by atoms with E-state index in [4.69, 9.17) is 11.6 Å². The molecule has 0 aliphatic carbocycles. The number of anilines is 1. The molecule has 0 radical (unpaired) electrons. The molecule has 2 rings (SSSR count). The van der Waals surface area contributed by atoms with Gasteiger partial charge in [0.15, 0.2) is 0 Å². The molecule has 0 aromatic heterocycles. The number of benzene rings is 2.